The van der Waals surface area contributed by atoms with Gasteiger partial charge in [-0.05, 0) is 23.1 Å². The molecule has 0 aliphatic rings. The van der Waals surface area contributed by atoms with Crippen LogP contribution in [-0.2, 0) is 5.75 Å². The second-order valence-electron chi connectivity index (χ2n) is 5.28. The van der Waals surface area contributed by atoms with Gasteiger partial charge < -0.3 is 0 Å². The molecule has 0 fully saturated rings. The fraction of sp³-hybridized carbons (Fsp3) is 0.278. The molecule has 0 heterocycles. The molecule has 110 valence electrons. The van der Waals surface area contributed by atoms with Crippen molar-refractivity contribution in [2.75, 3.05) is 5.75 Å². The van der Waals surface area contributed by atoms with Gasteiger partial charge in [0.15, 0.2) is 5.78 Å². The van der Waals surface area contributed by atoms with Gasteiger partial charge in [-0.3, -0.25) is 4.79 Å². The van der Waals surface area contributed by atoms with Crippen LogP contribution in [0.2, 0.25) is 5.02 Å². The van der Waals surface area contributed by atoms with E-state index >= 15 is 0 Å². The summed E-state index contributed by atoms with van der Waals surface area (Å²) in [6.45, 7) is 4.30. The normalized spacial score (nSPS) is 10.9. The van der Waals surface area contributed by atoms with Gasteiger partial charge in [0, 0.05) is 16.3 Å². The number of Topliss-reactive ketones (excluding diaryl/α,β-unsaturated/α-hetero) is 1. The Labute approximate surface area is 135 Å². The van der Waals surface area contributed by atoms with Crippen molar-refractivity contribution in [2.24, 2.45) is 0 Å². The first kappa shape index (κ1) is 16.1. The van der Waals surface area contributed by atoms with E-state index in [1.165, 1.54) is 5.56 Å². The van der Waals surface area contributed by atoms with Crippen LogP contribution >= 0.6 is 23.4 Å². The minimum Gasteiger partial charge on any atom is -0.293 e. The number of carbonyl (C=O) groups is 1. The van der Waals surface area contributed by atoms with E-state index in [9.17, 15) is 4.79 Å². The first-order valence-electron chi connectivity index (χ1n) is 7.02. The molecule has 0 amide bonds. The van der Waals surface area contributed by atoms with E-state index in [2.05, 4.69) is 13.8 Å². The van der Waals surface area contributed by atoms with Gasteiger partial charge in [-0.2, -0.15) is 0 Å². The Morgan fingerprint density at radius 3 is 2.38 bits per heavy atom. The molecule has 0 aliphatic heterocycles. The maximum absolute atomic E-state index is 12.1. The average molecular weight is 319 g/mol. The first-order valence-corrected chi connectivity index (χ1v) is 8.55. The van der Waals surface area contributed by atoms with Crippen LogP contribution in [0.5, 0.6) is 0 Å². The third-order valence-corrected chi connectivity index (χ3v) is 4.70. The van der Waals surface area contributed by atoms with E-state index in [0.29, 0.717) is 11.7 Å². The van der Waals surface area contributed by atoms with Crippen LogP contribution in [0, 0.1) is 0 Å². The number of thioether (sulfide) groups is 1. The van der Waals surface area contributed by atoms with Crippen molar-refractivity contribution in [1.82, 2.24) is 0 Å². The van der Waals surface area contributed by atoms with Crippen molar-refractivity contribution in [3.05, 3.63) is 70.2 Å². The summed E-state index contributed by atoms with van der Waals surface area (Å²) in [5, 5.41) is 0.763. The van der Waals surface area contributed by atoms with Crippen LogP contribution in [0.4, 0.5) is 0 Å². The number of rotatable bonds is 6. The lowest BCUT2D eigenvalue weighted by molar-refractivity contribution is 0.102. The van der Waals surface area contributed by atoms with Crippen molar-refractivity contribution >= 4 is 29.1 Å². The minimum atomic E-state index is 0.169. The molecule has 3 heteroatoms. The van der Waals surface area contributed by atoms with E-state index in [-0.39, 0.29) is 5.78 Å². The van der Waals surface area contributed by atoms with E-state index < -0.39 is 0 Å². The lowest BCUT2D eigenvalue weighted by Crippen LogP contribution is -2.03. The molecule has 2 aromatic rings. The maximum atomic E-state index is 12.1. The zero-order valence-corrected chi connectivity index (χ0v) is 13.9. The van der Waals surface area contributed by atoms with Gasteiger partial charge in [0.05, 0.1) is 5.75 Å². The Morgan fingerprint density at radius 1 is 1.10 bits per heavy atom. The van der Waals surface area contributed by atoms with E-state index in [0.717, 1.165) is 21.9 Å². The van der Waals surface area contributed by atoms with Crippen molar-refractivity contribution in [3.63, 3.8) is 0 Å². The number of hydrogen-bond donors (Lipinski definition) is 0. The summed E-state index contributed by atoms with van der Waals surface area (Å²) >= 11 is 7.71. The molecular formula is C18H19ClOS. The third-order valence-electron chi connectivity index (χ3n) is 3.35. The second kappa shape index (κ2) is 7.67. The standard InChI is InChI=1S/C18H19ClOS/c1-13(2)14-7-9-15(10-8-14)18(20)12-21-11-16-5-3-4-6-17(16)19/h3-10,13H,11-12H2,1-2H3. The second-order valence-corrected chi connectivity index (χ2v) is 6.68. The predicted octanol–water partition coefficient (Wildman–Crippen LogP) is 5.58. The molecule has 21 heavy (non-hydrogen) atoms. The SMILES string of the molecule is CC(C)c1ccc(C(=O)CSCc2ccccc2Cl)cc1. The van der Waals surface area contributed by atoms with Crippen LogP contribution in [0.3, 0.4) is 0 Å². The van der Waals surface area contributed by atoms with Gasteiger partial charge in [0.2, 0.25) is 0 Å². The number of hydrogen-bond acceptors (Lipinski definition) is 2. The van der Waals surface area contributed by atoms with Crippen LogP contribution in [0.25, 0.3) is 0 Å². The van der Waals surface area contributed by atoms with Crippen molar-refractivity contribution < 1.29 is 4.79 Å². The molecule has 0 saturated heterocycles. The Kier molecular flexibility index (Phi) is 5.89. The number of carbonyl (C=O) groups excluding carboxylic acids is 1. The molecule has 2 aromatic carbocycles. The topological polar surface area (TPSA) is 17.1 Å². The molecule has 0 aliphatic carbocycles. The summed E-state index contributed by atoms with van der Waals surface area (Å²) < 4.78 is 0. The molecule has 0 aromatic heterocycles. The highest BCUT2D eigenvalue weighted by atomic mass is 35.5. The summed E-state index contributed by atoms with van der Waals surface area (Å²) in [7, 11) is 0. The summed E-state index contributed by atoms with van der Waals surface area (Å²) in [6.07, 6.45) is 0. The summed E-state index contributed by atoms with van der Waals surface area (Å²) in [4.78, 5) is 12.1. The van der Waals surface area contributed by atoms with Crippen LogP contribution in [0.15, 0.2) is 48.5 Å². The van der Waals surface area contributed by atoms with E-state index in [4.69, 9.17) is 11.6 Å². The minimum absolute atomic E-state index is 0.169. The fourth-order valence-electron chi connectivity index (χ4n) is 2.01. The lowest BCUT2D eigenvalue weighted by atomic mass is 10.0. The lowest BCUT2D eigenvalue weighted by Gasteiger charge is -2.07. The third kappa shape index (κ3) is 4.62. The summed E-state index contributed by atoms with van der Waals surface area (Å²) in [5.74, 6) is 1.90. The Balaban J connectivity index is 1.88. The Bertz CT molecular complexity index is 605. The summed E-state index contributed by atoms with van der Waals surface area (Å²) in [5.41, 5.74) is 3.12. The maximum Gasteiger partial charge on any atom is 0.172 e. The van der Waals surface area contributed by atoms with Crippen molar-refractivity contribution in [1.29, 1.82) is 0 Å². The van der Waals surface area contributed by atoms with Gasteiger partial charge in [-0.25, -0.2) is 0 Å². The molecule has 0 radical (unpaired) electrons. The highest BCUT2D eigenvalue weighted by Crippen LogP contribution is 2.22. The zero-order valence-electron chi connectivity index (χ0n) is 12.3. The summed E-state index contributed by atoms with van der Waals surface area (Å²) in [6, 6.07) is 15.7. The number of ketones is 1. The monoisotopic (exact) mass is 318 g/mol. The van der Waals surface area contributed by atoms with E-state index in [1.54, 1.807) is 11.8 Å². The number of halogens is 1. The molecule has 0 atom stereocenters. The van der Waals surface area contributed by atoms with Crippen molar-refractivity contribution in [2.45, 2.75) is 25.5 Å². The highest BCUT2D eigenvalue weighted by Gasteiger charge is 2.08. The van der Waals surface area contributed by atoms with Crippen LogP contribution in [-0.4, -0.2) is 11.5 Å². The molecule has 2 rings (SSSR count). The zero-order chi connectivity index (χ0) is 15.2. The van der Waals surface area contributed by atoms with Gasteiger partial charge in [0.1, 0.15) is 0 Å². The first-order chi connectivity index (χ1) is 10.1. The molecule has 0 bridgehead atoms. The fourth-order valence-corrected chi connectivity index (χ4v) is 3.21. The number of benzene rings is 2. The average Bonchev–Trinajstić information content (AvgIpc) is 2.49. The molecule has 0 saturated carbocycles. The molecular weight excluding hydrogens is 300 g/mol. The predicted molar refractivity (Wildman–Crippen MR) is 92.5 cm³/mol. The molecule has 0 unspecified atom stereocenters. The largest absolute Gasteiger partial charge is 0.293 e. The molecule has 0 N–H and O–H groups in total. The highest BCUT2D eigenvalue weighted by molar-refractivity contribution is 7.99. The Hall–Kier alpha value is -1.25. The molecule has 0 spiro atoms. The van der Waals surface area contributed by atoms with Gasteiger partial charge in [-0.15, -0.1) is 11.8 Å². The van der Waals surface area contributed by atoms with E-state index in [1.807, 2.05) is 48.5 Å². The molecule has 1 nitrogen and oxygen atoms in total. The smallest absolute Gasteiger partial charge is 0.172 e. The quantitative estimate of drug-likeness (QED) is 0.647. The van der Waals surface area contributed by atoms with Gasteiger partial charge in [-0.1, -0.05) is 67.9 Å². The van der Waals surface area contributed by atoms with Crippen LogP contribution in [0.1, 0.15) is 41.3 Å². The van der Waals surface area contributed by atoms with Gasteiger partial charge >= 0.3 is 0 Å². The van der Waals surface area contributed by atoms with Crippen LogP contribution < -0.4 is 0 Å². The van der Waals surface area contributed by atoms with Crippen molar-refractivity contribution in [3.8, 4) is 0 Å². The Morgan fingerprint density at radius 2 is 1.76 bits per heavy atom. The van der Waals surface area contributed by atoms with Gasteiger partial charge in [0.25, 0.3) is 0 Å².